The molecule has 4 aromatic rings. The van der Waals surface area contributed by atoms with Gasteiger partial charge in [-0.3, -0.25) is 14.8 Å². The number of hydrogen-bond acceptors (Lipinski definition) is 4. The third-order valence-corrected chi connectivity index (χ3v) is 8.14. The zero-order valence-corrected chi connectivity index (χ0v) is 20.2. The average molecular weight is 466 g/mol. The number of nitrogens with two attached hydrogens (primary N) is 1. The Hall–Kier alpha value is -3.51. The van der Waals surface area contributed by atoms with Gasteiger partial charge >= 0.3 is 0 Å². The van der Waals surface area contributed by atoms with Crippen LogP contribution in [0.5, 0.6) is 0 Å². The summed E-state index contributed by atoms with van der Waals surface area (Å²) in [5.41, 5.74) is 13.9. The largest absolute Gasteiger partial charge is 0.366 e. The molecule has 1 aliphatic heterocycles. The van der Waals surface area contributed by atoms with Crippen molar-refractivity contribution in [2.24, 2.45) is 5.73 Å². The lowest BCUT2D eigenvalue weighted by Crippen LogP contribution is -2.44. The molecule has 1 fully saturated rings. The van der Waals surface area contributed by atoms with E-state index >= 15 is 0 Å². The molecule has 3 heterocycles. The lowest BCUT2D eigenvalue weighted by Gasteiger charge is -2.38. The molecule has 0 bridgehead atoms. The van der Waals surface area contributed by atoms with Gasteiger partial charge in [0, 0.05) is 33.8 Å². The van der Waals surface area contributed by atoms with Crippen LogP contribution in [0.3, 0.4) is 0 Å². The van der Waals surface area contributed by atoms with Crippen molar-refractivity contribution in [2.75, 3.05) is 13.1 Å². The number of benzene rings is 2. The standard InChI is InChI=1S/C29H31N5O/c1-29(34-14-2-3-15-34)12-10-19-4-9-22(16-23(19)11-13-29)24-17-25-26(32-33-28(25)31-18-24)20-5-7-21(8-6-20)27(30)35/h4-9,16-18H,2-3,10-15H2,1H3,(H2,30,35)(H,31,32,33). The lowest BCUT2D eigenvalue weighted by molar-refractivity contribution is 0.100. The van der Waals surface area contributed by atoms with Gasteiger partial charge in [0.25, 0.3) is 0 Å². The summed E-state index contributed by atoms with van der Waals surface area (Å²) in [6.07, 6.45) is 9.31. The van der Waals surface area contributed by atoms with E-state index in [-0.39, 0.29) is 0 Å². The van der Waals surface area contributed by atoms with E-state index in [0.29, 0.717) is 16.7 Å². The Balaban J connectivity index is 1.31. The highest BCUT2D eigenvalue weighted by atomic mass is 16.1. The van der Waals surface area contributed by atoms with Gasteiger partial charge in [0.2, 0.25) is 5.91 Å². The quantitative estimate of drug-likeness (QED) is 0.409. The predicted octanol–water partition coefficient (Wildman–Crippen LogP) is 5.12. The maximum Gasteiger partial charge on any atom is 0.248 e. The first-order chi connectivity index (χ1) is 17.0. The number of aromatic nitrogens is 3. The number of hydrogen-bond donors (Lipinski definition) is 2. The molecule has 1 amide bonds. The van der Waals surface area contributed by atoms with E-state index in [1.807, 2.05) is 18.3 Å². The normalized spacial score (nSPS) is 20.6. The highest BCUT2D eigenvalue weighted by molar-refractivity contribution is 5.96. The van der Waals surface area contributed by atoms with Crippen molar-refractivity contribution in [2.45, 2.75) is 51.0 Å². The fourth-order valence-corrected chi connectivity index (χ4v) is 5.87. The van der Waals surface area contributed by atoms with Crippen LogP contribution in [0.4, 0.5) is 0 Å². The third kappa shape index (κ3) is 4.02. The van der Waals surface area contributed by atoms with Crippen LogP contribution in [0, 0.1) is 0 Å². The number of H-pyrrole nitrogens is 1. The van der Waals surface area contributed by atoms with Crippen LogP contribution in [0.1, 0.15) is 54.1 Å². The van der Waals surface area contributed by atoms with Crippen molar-refractivity contribution in [3.05, 3.63) is 71.4 Å². The molecule has 35 heavy (non-hydrogen) atoms. The molecule has 0 spiro atoms. The Labute approximate surface area is 205 Å². The van der Waals surface area contributed by atoms with Crippen LogP contribution < -0.4 is 5.73 Å². The van der Waals surface area contributed by atoms with Crippen molar-refractivity contribution in [3.63, 3.8) is 0 Å². The van der Waals surface area contributed by atoms with Gasteiger partial charge in [0.15, 0.2) is 5.65 Å². The van der Waals surface area contributed by atoms with E-state index in [1.165, 1.54) is 55.5 Å². The highest BCUT2D eigenvalue weighted by Gasteiger charge is 2.34. The van der Waals surface area contributed by atoms with Crippen molar-refractivity contribution in [1.82, 2.24) is 20.1 Å². The third-order valence-electron chi connectivity index (χ3n) is 8.14. The Bertz CT molecular complexity index is 1400. The van der Waals surface area contributed by atoms with E-state index in [1.54, 1.807) is 12.1 Å². The van der Waals surface area contributed by atoms with Crippen LogP contribution >= 0.6 is 0 Å². The fourth-order valence-electron chi connectivity index (χ4n) is 5.87. The maximum atomic E-state index is 11.4. The summed E-state index contributed by atoms with van der Waals surface area (Å²) < 4.78 is 0. The van der Waals surface area contributed by atoms with Crippen molar-refractivity contribution in [1.29, 1.82) is 0 Å². The summed E-state index contributed by atoms with van der Waals surface area (Å²) in [6.45, 7) is 4.98. The minimum atomic E-state index is -0.432. The van der Waals surface area contributed by atoms with Crippen LogP contribution in [-0.2, 0) is 12.8 Å². The molecule has 6 nitrogen and oxygen atoms in total. The predicted molar refractivity (Wildman–Crippen MR) is 139 cm³/mol. The summed E-state index contributed by atoms with van der Waals surface area (Å²) in [6, 6.07) is 16.4. The molecule has 6 rings (SSSR count). The summed E-state index contributed by atoms with van der Waals surface area (Å²) in [7, 11) is 0. The van der Waals surface area contributed by atoms with E-state index in [4.69, 9.17) is 5.73 Å². The van der Waals surface area contributed by atoms with E-state index in [2.05, 4.69) is 51.3 Å². The highest BCUT2D eigenvalue weighted by Crippen LogP contribution is 2.36. The molecule has 2 aromatic carbocycles. The number of likely N-dealkylation sites (tertiary alicyclic amines) is 1. The van der Waals surface area contributed by atoms with Crippen molar-refractivity contribution >= 4 is 16.9 Å². The van der Waals surface area contributed by atoms with E-state index in [0.717, 1.165) is 35.0 Å². The number of nitrogens with one attached hydrogen (secondary N) is 1. The molecule has 2 aliphatic rings. The number of pyridine rings is 1. The van der Waals surface area contributed by atoms with Gasteiger partial charge < -0.3 is 5.73 Å². The molecule has 0 saturated carbocycles. The molecular weight excluding hydrogens is 434 g/mol. The monoisotopic (exact) mass is 465 g/mol. The first-order valence-corrected chi connectivity index (χ1v) is 12.6. The maximum absolute atomic E-state index is 11.4. The van der Waals surface area contributed by atoms with Gasteiger partial charge in [0.1, 0.15) is 0 Å². The van der Waals surface area contributed by atoms with Gasteiger partial charge in [0.05, 0.1) is 5.69 Å². The Morgan fingerprint density at radius 2 is 1.66 bits per heavy atom. The smallest absolute Gasteiger partial charge is 0.248 e. The van der Waals surface area contributed by atoms with Crippen molar-refractivity contribution in [3.8, 4) is 22.4 Å². The molecule has 178 valence electrons. The molecule has 1 unspecified atom stereocenters. The number of rotatable bonds is 4. The van der Waals surface area contributed by atoms with Crippen LogP contribution in [0.15, 0.2) is 54.7 Å². The van der Waals surface area contributed by atoms with Crippen LogP contribution in [-0.4, -0.2) is 44.6 Å². The first-order valence-electron chi connectivity index (χ1n) is 12.6. The number of aromatic amines is 1. The number of amides is 1. The van der Waals surface area contributed by atoms with Gasteiger partial charge in [-0.05, 0) is 93.4 Å². The molecule has 1 saturated heterocycles. The van der Waals surface area contributed by atoms with Gasteiger partial charge in [-0.2, -0.15) is 5.10 Å². The van der Waals surface area contributed by atoms with Gasteiger partial charge in [-0.1, -0.05) is 30.3 Å². The number of primary amides is 1. The molecular formula is C29H31N5O. The topological polar surface area (TPSA) is 87.9 Å². The lowest BCUT2D eigenvalue weighted by atomic mass is 9.90. The Kier molecular flexibility index (Phi) is 5.41. The molecule has 1 atom stereocenters. The van der Waals surface area contributed by atoms with Crippen LogP contribution in [0.2, 0.25) is 0 Å². The summed E-state index contributed by atoms with van der Waals surface area (Å²) in [5, 5.41) is 8.47. The first kappa shape index (κ1) is 22.0. The Morgan fingerprint density at radius 3 is 2.40 bits per heavy atom. The zero-order chi connectivity index (χ0) is 24.0. The Morgan fingerprint density at radius 1 is 0.943 bits per heavy atom. The molecule has 2 aromatic heterocycles. The van der Waals surface area contributed by atoms with Crippen LogP contribution in [0.25, 0.3) is 33.4 Å². The average Bonchev–Trinajstić information content (AvgIpc) is 3.54. The number of carbonyl (C=O) groups excluding carboxylic acids is 1. The molecule has 3 N–H and O–H groups in total. The molecule has 1 aliphatic carbocycles. The SMILES string of the molecule is CC1(N2CCCC2)CCc2ccc(-c3cnc4n[nH]c(-c5ccc(C(N)=O)cc5)c4c3)cc2CC1. The number of carbonyl (C=O) groups is 1. The molecule has 6 heteroatoms. The minimum absolute atomic E-state index is 0.311. The number of aryl methyl sites for hydroxylation is 2. The van der Waals surface area contributed by atoms with E-state index < -0.39 is 5.91 Å². The zero-order valence-electron chi connectivity index (χ0n) is 20.2. The summed E-state index contributed by atoms with van der Waals surface area (Å²) in [4.78, 5) is 18.8. The second kappa shape index (κ2) is 8.61. The minimum Gasteiger partial charge on any atom is -0.366 e. The molecule has 0 radical (unpaired) electrons. The second-order valence-corrected chi connectivity index (χ2v) is 10.3. The van der Waals surface area contributed by atoms with Gasteiger partial charge in [-0.15, -0.1) is 0 Å². The number of nitrogens with zero attached hydrogens (tertiary/aromatic N) is 3. The van der Waals surface area contributed by atoms with Gasteiger partial charge in [-0.25, -0.2) is 4.98 Å². The van der Waals surface area contributed by atoms with Crippen molar-refractivity contribution < 1.29 is 4.79 Å². The number of fused-ring (bicyclic) bond motifs is 2. The van der Waals surface area contributed by atoms with E-state index in [9.17, 15) is 4.79 Å². The second-order valence-electron chi connectivity index (χ2n) is 10.3. The summed E-state index contributed by atoms with van der Waals surface area (Å²) >= 11 is 0. The fraction of sp³-hybridized carbons (Fsp3) is 0.345. The summed E-state index contributed by atoms with van der Waals surface area (Å²) in [5.74, 6) is -0.432.